The minimum atomic E-state index is 0.502. The van der Waals surface area contributed by atoms with Crippen LogP contribution in [0.15, 0.2) is 24.3 Å². The third kappa shape index (κ3) is 3.80. The molecule has 1 saturated heterocycles. The van der Waals surface area contributed by atoms with E-state index in [1.165, 1.54) is 41.6 Å². The normalized spacial score (nSPS) is 22.8. The molecule has 2 aliphatic rings. The minimum absolute atomic E-state index is 0.502. The Morgan fingerprint density at radius 3 is 2.32 bits per heavy atom. The summed E-state index contributed by atoms with van der Waals surface area (Å²) in [6.45, 7) is 11.1. The molecule has 1 N–H and O–H groups in total. The van der Waals surface area contributed by atoms with Crippen LogP contribution in [0.4, 0.5) is 5.95 Å². The molecule has 0 radical (unpaired) electrons. The van der Waals surface area contributed by atoms with Crippen molar-refractivity contribution < 1.29 is 0 Å². The second-order valence-corrected chi connectivity index (χ2v) is 8.86. The van der Waals surface area contributed by atoms with E-state index in [9.17, 15) is 0 Å². The quantitative estimate of drug-likeness (QED) is 0.839. The average Bonchev–Trinajstić information content (AvgIpc) is 2.93. The van der Waals surface area contributed by atoms with Crippen molar-refractivity contribution in [2.45, 2.75) is 77.8 Å². The van der Waals surface area contributed by atoms with Gasteiger partial charge in [-0.3, -0.25) is 0 Å². The van der Waals surface area contributed by atoms with Gasteiger partial charge in [-0.25, -0.2) is 9.97 Å². The maximum atomic E-state index is 5.18. The molecule has 2 aliphatic heterocycles. The van der Waals surface area contributed by atoms with E-state index in [1.807, 2.05) is 0 Å². The lowest BCUT2D eigenvalue weighted by Gasteiger charge is -2.39. The van der Waals surface area contributed by atoms with Gasteiger partial charge in [0.15, 0.2) is 0 Å². The van der Waals surface area contributed by atoms with Gasteiger partial charge in [0.1, 0.15) is 0 Å². The fourth-order valence-electron chi connectivity index (χ4n) is 4.73. The summed E-state index contributed by atoms with van der Waals surface area (Å²) in [5.74, 6) is 1.48. The average molecular weight is 379 g/mol. The van der Waals surface area contributed by atoms with Gasteiger partial charge < -0.3 is 10.2 Å². The first-order valence-electron chi connectivity index (χ1n) is 11.0. The zero-order valence-corrected chi connectivity index (χ0v) is 17.8. The highest BCUT2D eigenvalue weighted by Gasteiger charge is 2.29. The minimum Gasteiger partial charge on any atom is -0.335 e. The molecule has 2 aromatic rings. The van der Waals surface area contributed by atoms with Crippen molar-refractivity contribution in [2.75, 3.05) is 18.0 Å². The standard InChI is InChI=1S/C24H34N4/c1-16(2)19-8-10-20(11-9-19)23-21-12-14-25-15-13-22(21)26-24(27-23)28-17(3)6-5-7-18(28)4/h8-11,16-18,25H,5-7,12-15H2,1-4H3/t17-,18+. The molecule has 0 saturated carbocycles. The van der Waals surface area contributed by atoms with Gasteiger partial charge in [-0.05, 0) is 57.6 Å². The van der Waals surface area contributed by atoms with Crippen molar-refractivity contribution >= 4 is 5.95 Å². The molecule has 0 unspecified atom stereocenters. The Morgan fingerprint density at radius 1 is 0.964 bits per heavy atom. The van der Waals surface area contributed by atoms with Gasteiger partial charge >= 0.3 is 0 Å². The number of rotatable bonds is 3. The van der Waals surface area contributed by atoms with E-state index in [1.54, 1.807) is 0 Å². The molecule has 28 heavy (non-hydrogen) atoms. The van der Waals surface area contributed by atoms with Crippen LogP contribution in [0.1, 0.15) is 69.7 Å². The molecule has 0 bridgehead atoms. The van der Waals surface area contributed by atoms with Crippen molar-refractivity contribution in [1.29, 1.82) is 0 Å². The highest BCUT2D eigenvalue weighted by Crippen LogP contribution is 2.32. The van der Waals surface area contributed by atoms with E-state index >= 15 is 0 Å². The number of benzene rings is 1. The first-order chi connectivity index (χ1) is 13.5. The maximum absolute atomic E-state index is 5.18. The second kappa shape index (κ2) is 8.20. The number of hydrogen-bond acceptors (Lipinski definition) is 4. The number of anilines is 1. The summed E-state index contributed by atoms with van der Waals surface area (Å²) in [4.78, 5) is 12.8. The molecule has 2 atom stereocenters. The third-order valence-corrected chi connectivity index (χ3v) is 6.45. The predicted octanol–water partition coefficient (Wildman–Crippen LogP) is 4.72. The molecule has 1 aromatic carbocycles. The van der Waals surface area contributed by atoms with Crippen LogP contribution in [0.2, 0.25) is 0 Å². The number of hydrogen-bond donors (Lipinski definition) is 1. The number of piperidine rings is 1. The predicted molar refractivity (Wildman–Crippen MR) is 117 cm³/mol. The zero-order valence-electron chi connectivity index (χ0n) is 17.8. The molecule has 4 heteroatoms. The summed E-state index contributed by atoms with van der Waals surface area (Å²) < 4.78 is 0. The topological polar surface area (TPSA) is 41.1 Å². The third-order valence-electron chi connectivity index (χ3n) is 6.45. The highest BCUT2D eigenvalue weighted by atomic mass is 15.3. The van der Waals surface area contributed by atoms with Crippen molar-refractivity contribution in [2.24, 2.45) is 0 Å². The monoisotopic (exact) mass is 378 g/mol. The molecule has 1 fully saturated rings. The van der Waals surface area contributed by atoms with Crippen LogP contribution < -0.4 is 10.2 Å². The molecule has 0 spiro atoms. The Hall–Kier alpha value is -1.94. The van der Waals surface area contributed by atoms with Gasteiger partial charge in [0.05, 0.1) is 11.4 Å². The molecule has 150 valence electrons. The maximum Gasteiger partial charge on any atom is 0.226 e. The largest absolute Gasteiger partial charge is 0.335 e. The van der Waals surface area contributed by atoms with Gasteiger partial charge in [0.25, 0.3) is 0 Å². The van der Waals surface area contributed by atoms with Crippen molar-refractivity contribution in [3.05, 3.63) is 41.1 Å². The van der Waals surface area contributed by atoms with Gasteiger partial charge in [-0.15, -0.1) is 0 Å². The molecular formula is C24H34N4. The van der Waals surface area contributed by atoms with E-state index in [4.69, 9.17) is 9.97 Å². The lowest BCUT2D eigenvalue weighted by molar-refractivity contribution is 0.407. The first-order valence-corrected chi connectivity index (χ1v) is 11.0. The van der Waals surface area contributed by atoms with E-state index in [0.29, 0.717) is 18.0 Å². The Labute approximate surface area is 169 Å². The molecule has 1 aromatic heterocycles. The molecule has 0 aliphatic carbocycles. The Kier molecular flexibility index (Phi) is 5.68. The van der Waals surface area contributed by atoms with Crippen LogP contribution in [0.25, 0.3) is 11.3 Å². The number of nitrogens with zero attached hydrogens (tertiary/aromatic N) is 3. The summed E-state index contributed by atoms with van der Waals surface area (Å²) in [7, 11) is 0. The van der Waals surface area contributed by atoms with Crippen LogP contribution in [0, 0.1) is 0 Å². The summed E-state index contributed by atoms with van der Waals surface area (Å²) in [6.07, 6.45) is 5.74. The molecule has 3 heterocycles. The lowest BCUT2D eigenvalue weighted by Crippen LogP contribution is -2.45. The first kappa shape index (κ1) is 19.4. The molecule has 4 rings (SSSR count). The fraction of sp³-hybridized carbons (Fsp3) is 0.583. The van der Waals surface area contributed by atoms with Gasteiger partial charge in [0, 0.05) is 36.2 Å². The van der Waals surface area contributed by atoms with Gasteiger partial charge in [-0.1, -0.05) is 38.1 Å². The number of aromatic nitrogens is 2. The molecular weight excluding hydrogens is 344 g/mol. The van der Waals surface area contributed by atoms with Crippen molar-refractivity contribution in [3.63, 3.8) is 0 Å². The fourth-order valence-corrected chi connectivity index (χ4v) is 4.73. The van der Waals surface area contributed by atoms with E-state index in [0.717, 1.165) is 37.6 Å². The van der Waals surface area contributed by atoms with Gasteiger partial charge in [-0.2, -0.15) is 0 Å². The number of fused-ring (bicyclic) bond motifs is 1. The SMILES string of the molecule is CC(C)c1ccc(-c2nc(N3[C@H](C)CCC[C@@H]3C)nc3c2CCNCC3)cc1. The van der Waals surface area contributed by atoms with E-state index in [-0.39, 0.29) is 0 Å². The molecule has 4 nitrogen and oxygen atoms in total. The van der Waals surface area contributed by atoms with Crippen molar-refractivity contribution in [1.82, 2.24) is 15.3 Å². The smallest absolute Gasteiger partial charge is 0.226 e. The Morgan fingerprint density at radius 2 is 1.64 bits per heavy atom. The van der Waals surface area contributed by atoms with Crippen LogP contribution >= 0.6 is 0 Å². The van der Waals surface area contributed by atoms with Gasteiger partial charge in [0.2, 0.25) is 5.95 Å². The van der Waals surface area contributed by atoms with E-state index < -0.39 is 0 Å². The zero-order chi connectivity index (χ0) is 19.7. The summed E-state index contributed by atoms with van der Waals surface area (Å²) in [5, 5.41) is 3.53. The van der Waals surface area contributed by atoms with Crippen LogP contribution in [-0.4, -0.2) is 35.1 Å². The number of nitrogens with one attached hydrogen (secondary N) is 1. The van der Waals surface area contributed by atoms with Crippen LogP contribution in [0.5, 0.6) is 0 Å². The summed E-state index contributed by atoms with van der Waals surface area (Å²) in [5.41, 5.74) is 6.32. The second-order valence-electron chi connectivity index (χ2n) is 8.86. The molecule has 0 amide bonds. The Balaban J connectivity index is 1.81. The van der Waals surface area contributed by atoms with Crippen LogP contribution in [-0.2, 0) is 12.8 Å². The van der Waals surface area contributed by atoms with Crippen LogP contribution in [0.3, 0.4) is 0 Å². The summed E-state index contributed by atoms with van der Waals surface area (Å²) in [6, 6.07) is 10.0. The van der Waals surface area contributed by atoms with E-state index in [2.05, 4.69) is 62.2 Å². The van der Waals surface area contributed by atoms with Crippen molar-refractivity contribution in [3.8, 4) is 11.3 Å². The summed E-state index contributed by atoms with van der Waals surface area (Å²) >= 11 is 0. The highest BCUT2D eigenvalue weighted by molar-refractivity contribution is 5.66. The Bertz CT molecular complexity index is 802. The lowest BCUT2D eigenvalue weighted by atomic mass is 9.96.